The zero-order chi connectivity index (χ0) is 19.6. The minimum Gasteiger partial charge on any atom is -0.494 e. The first kappa shape index (κ1) is 20.2. The van der Waals surface area contributed by atoms with Crippen LogP contribution in [0, 0.1) is 0 Å². The molecule has 0 N–H and O–H groups in total. The lowest BCUT2D eigenvalue weighted by Crippen LogP contribution is -2.27. The summed E-state index contributed by atoms with van der Waals surface area (Å²) in [7, 11) is 0. The van der Waals surface area contributed by atoms with Gasteiger partial charge in [0, 0.05) is 12.6 Å². The number of nitrogens with zero attached hydrogens (tertiary/aromatic N) is 2. The Morgan fingerprint density at radius 3 is 2.39 bits per heavy atom. The Bertz CT molecular complexity index is 829. The van der Waals surface area contributed by atoms with Gasteiger partial charge in [-0.3, -0.25) is 0 Å². The van der Waals surface area contributed by atoms with Gasteiger partial charge < -0.3 is 14.1 Å². The van der Waals surface area contributed by atoms with Gasteiger partial charge >= 0.3 is 0 Å². The van der Waals surface area contributed by atoms with Gasteiger partial charge in [-0.05, 0) is 68.3 Å². The van der Waals surface area contributed by atoms with Crippen LogP contribution < -0.4 is 4.74 Å². The van der Waals surface area contributed by atoms with Crippen molar-refractivity contribution in [3.63, 3.8) is 0 Å². The van der Waals surface area contributed by atoms with Crippen molar-refractivity contribution in [2.24, 2.45) is 0 Å². The third-order valence-corrected chi connectivity index (χ3v) is 4.58. The first-order valence-corrected chi connectivity index (χ1v) is 10.3. The molecule has 28 heavy (non-hydrogen) atoms. The number of oxazole rings is 1. The average Bonchev–Trinajstić information content (AvgIpc) is 3.14. The number of aromatic nitrogens is 1. The van der Waals surface area contributed by atoms with E-state index >= 15 is 0 Å². The summed E-state index contributed by atoms with van der Waals surface area (Å²) < 4.78 is 11.6. The largest absolute Gasteiger partial charge is 0.494 e. The molecule has 0 fully saturated rings. The van der Waals surface area contributed by atoms with E-state index < -0.39 is 0 Å². The predicted octanol–water partition coefficient (Wildman–Crippen LogP) is 5.89. The third kappa shape index (κ3) is 5.96. The van der Waals surface area contributed by atoms with Gasteiger partial charge in [0.25, 0.3) is 0 Å². The summed E-state index contributed by atoms with van der Waals surface area (Å²) in [4.78, 5) is 6.97. The summed E-state index contributed by atoms with van der Waals surface area (Å²) in [5.41, 5.74) is 2.77. The summed E-state index contributed by atoms with van der Waals surface area (Å²) in [6.07, 6.45) is 7.37. The fourth-order valence-electron chi connectivity index (χ4n) is 3.25. The molecule has 1 aromatic heterocycles. The van der Waals surface area contributed by atoms with Crippen LogP contribution in [0.2, 0.25) is 0 Å². The van der Waals surface area contributed by atoms with Gasteiger partial charge in [0.2, 0.25) is 5.89 Å². The fraction of sp³-hybridized carbons (Fsp3) is 0.375. The Hall–Kier alpha value is -2.59. The molecule has 0 aliphatic rings. The Morgan fingerprint density at radius 1 is 0.929 bits per heavy atom. The summed E-state index contributed by atoms with van der Waals surface area (Å²) in [5, 5.41) is 0. The van der Waals surface area contributed by atoms with Crippen molar-refractivity contribution >= 4 is 23.3 Å². The maximum absolute atomic E-state index is 5.89. The molecule has 1 heterocycles. The van der Waals surface area contributed by atoms with Crippen LogP contribution in [0.15, 0.2) is 52.9 Å². The highest BCUT2D eigenvalue weighted by Crippen LogP contribution is 2.18. The van der Waals surface area contributed by atoms with Crippen molar-refractivity contribution in [2.45, 2.75) is 33.1 Å². The molecule has 0 radical (unpaired) electrons. The van der Waals surface area contributed by atoms with Crippen LogP contribution in [-0.4, -0.2) is 36.1 Å². The quantitative estimate of drug-likeness (QED) is 0.390. The Kier molecular flexibility index (Phi) is 7.68. The molecule has 0 bridgehead atoms. The molecule has 4 heteroatoms. The SMILES string of the molecule is CCCN(CCC)CCCOc1ccc(/C=C/c2nc3ccccc3o2)cc1. The van der Waals surface area contributed by atoms with Gasteiger partial charge in [-0.15, -0.1) is 0 Å². The maximum Gasteiger partial charge on any atom is 0.220 e. The molecule has 0 aliphatic heterocycles. The summed E-state index contributed by atoms with van der Waals surface area (Å²) >= 11 is 0. The van der Waals surface area contributed by atoms with Gasteiger partial charge in [0.15, 0.2) is 5.58 Å². The topological polar surface area (TPSA) is 38.5 Å². The first-order valence-electron chi connectivity index (χ1n) is 10.3. The number of rotatable bonds is 11. The second kappa shape index (κ2) is 10.7. The van der Waals surface area contributed by atoms with Crippen LogP contribution >= 0.6 is 0 Å². The third-order valence-electron chi connectivity index (χ3n) is 4.58. The monoisotopic (exact) mass is 378 g/mol. The normalized spacial score (nSPS) is 11.7. The van der Waals surface area contributed by atoms with E-state index in [1.165, 1.54) is 25.9 Å². The molecule has 0 unspecified atom stereocenters. The number of hydrogen-bond donors (Lipinski definition) is 0. The zero-order valence-electron chi connectivity index (χ0n) is 16.9. The molecule has 0 saturated heterocycles. The lowest BCUT2D eigenvalue weighted by Gasteiger charge is -2.20. The minimum atomic E-state index is 0.616. The smallest absolute Gasteiger partial charge is 0.220 e. The molecular formula is C24H30N2O2. The predicted molar refractivity (Wildman–Crippen MR) is 117 cm³/mol. The maximum atomic E-state index is 5.89. The van der Waals surface area contributed by atoms with E-state index in [0.29, 0.717) is 5.89 Å². The molecule has 0 aliphatic carbocycles. The Balaban J connectivity index is 1.46. The molecule has 4 nitrogen and oxygen atoms in total. The number of ether oxygens (including phenoxy) is 1. The van der Waals surface area contributed by atoms with Gasteiger partial charge in [-0.2, -0.15) is 0 Å². The number of fused-ring (bicyclic) bond motifs is 1. The average molecular weight is 379 g/mol. The van der Waals surface area contributed by atoms with Crippen LogP contribution in [0.1, 0.15) is 44.6 Å². The number of para-hydroxylation sites is 2. The number of benzene rings is 2. The van der Waals surface area contributed by atoms with E-state index in [0.717, 1.165) is 42.0 Å². The van der Waals surface area contributed by atoms with Crippen molar-refractivity contribution in [1.29, 1.82) is 0 Å². The van der Waals surface area contributed by atoms with Crippen LogP contribution in [0.3, 0.4) is 0 Å². The van der Waals surface area contributed by atoms with Crippen molar-refractivity contribution in [2.75, 3.05) is 26.2 Å². The second-order valence-corrected chi connectivity index (χ2v) is 6.97. The summed E-state index contributed by atoms with van der Waals surface area (Å²) in [5.74, 6) is 1.53. The first-order chi connectivity index (χ1) is 13.8. The molecule has 148 valence electrons. The van der Waals surface area contributed by atoms with Crippen molar-refractivity contribution in [1.82, 2.24) is 9.88 Å². The molecule has 0 spiro atoms. The van der Waals surface area contributed by atoms with Crippen LogP contribution in [0.25, 0.3) is 23.3 Å². The standard InChI is InChI=1S/C24H30N2O2/c1-3-16-26(17-4-2)18-7-19-27-21-13-10-20(11-14-21)12-15-24-25-22-8-5-6-9-23(22)28-24/h5-6,8-15H,3-4,7,16-19H2,1-2H3/b15-12+. The van der Waals surface area contributed by atoms with Crippen LogP contribution in [0.4, 0.5) is 0 Å². The fourth-order valence-corrected chi connectivity index (χ4v) is 3.25. The lowest BCUT2D eigenvalue weighted by atomic mass is 10.2. The van der Waals surface area contributed by atoms with E-state index in [9.17, 15) is 0 Å². The van der Waals surface area contributed by atoms with Crippen molar-refractivity contribution < 1.29 is 9.15 Å². The van der Waals surface area contributed by atoms with E-state index in [4.69, 9.17) is 9.15 Å². The Labute approximate surface area is 167 Å². The van der Waals surface area contributed by atoms with E-state index in [1.54, 1.807) is 0 Å². The van der Waals surface area contributed by atoms with Gasteiger partial charge in [-0.1, -0.05) is 38.1 Å². The van der Waals surface area contributed by atoms with Crippen LogP contribution in [-0.2, 0) is 0 Å². The molecule has 3 aromatic rings. The van der Waals surface area contributed by atoms with Gasteiger partial charge in [0.1, 0.15) is 11.3 Å². The van der Waals surface area contributed by atoms with E-state index in [2.05, 4.69) is 35.9 Å². The molecule has 0 saturated carbocycles. The Morgan fingerprint density at radius 2 is 1.68 bits per heavy atom. The summed E-state index contributed by atoms with van der Waals surface area (Å²) in [6.45, 7) is 8.68. The van der Waals surface area contributed by atoms with E-state index in [-0.39, 0.29) is 0 Å². The van der Waals surface area contributed by atoms with E-state index in [1.807, 2.05) is 48.6 Å². The lowest BCUT2D eigenvalue weighted by molar-refractivity contribution is 0.234. The molecule has 0 atom stereocenters. The molecular weight excluding hydrogens is 348 g/mol. The summed E-state index contributed by atoms with van der Waals surface area (Å²) in [6, 6.07) is 15.9. The minimum absolute atomic E-state index is 0.616. The number of hydrogen-bond acceptors (Lipinski definition) is 4. The highest BCUT2D eigenvalue weighted by molar-refractivity contribution is 5.75. The highest BCUT2D eigenvalue weighted by atomic mass is 16.5. The van der Waals surface area contributed by atoms with Crippen molar-refractivity contribution in [3.8, 4) is 5.75 Å². The molecule has 0 amide bonds. The van der Waals surface area contributed by atoms with Crippen molar-refractivity contribution in [3.05, 3.63) is 60.0 Å². The molecule has 2 aromatic carbocycles. The highest BCUT2D eigenvalue weighted by Gasteiger charge is 2.03. The second-order valence-electron chi connectivity index (χ2n) is 6.97. The zero-order valence-corrected chi connectivity index (χ0v) is 16.9. The van der Waals surface area contributed by atoms with Crippen LogP contribution in [0.5, 0.6) is 5.75 Å². The van der Waals surface area contributed by atoms with Gasteiger partial charge in [-0.25, -0.2) is 4.98 Å². The molecule has 3 rings (SSSR count). The van der Waals surface area contributed by atoms with Gasteiger partial charge in [0.05, 0.1) is 6.61 Å².